The molecule has 0 unspecified atom stereocenters. The van der Waals surface area contributed by atoms with Crippen molar-refractivity contribution in [3.63, 3.8) is 0 Å². The zero-order valence-corrected chi connectivity index (χ0v) is 29.1. The van der Waals surface area contributed by atoms with Gasteiger partial charge in [-0.3, -0.25) is 0 Å². The Morgan fingerprint density at radius 2 is 1.04 bits per heavy atom. The molecule has 4 aromatic rings. The summed E-state index contributed by atoms with van der Waals surface area (Å²) in [6.07, 6.45) is 8.83. The fourth-order valence-electron chi connectivity index (χ4n) is 9.09. The Balaban J connectivity index is 1.43. The van der Waals surface area contributed by atoms with Crippen LogP contribution in [0, 0.1) is 22.7 Å². The molecule has 2 aliphatic carbocycles. The summed E-state index contributed by atoms with van der Waals surface area (Å²) in [5, 5.41) is 19.5. The first kappa shape index (κ1) is 31.2. The molecule has 0 amide bonds. The third-order valence-electron chi connectivity index (χ3n) is 10.8. The van der Waals surface area contributed by atoms with Gasteiger partial charge in [0, 0.05) is 20.6 Å². The van der Waals surface area contributed by atoms with E-state index in [1.54, 1.807) is 0 Å². The third-order valence-corrected chi connectivity index (χ3v) is 13.7. The van der Waals surface area contributed by atoms with E-state index < -0.39 is 5.92 Å². The molecule has 1 aliphatic heterocycles. The van der Waals surface area contributed by atoms with Gasteiger partial charge in [0.15, 0.2) is 5.92 Å². The van der Waals surface area contributed by atoms with Crippen molar-refractivity contribution in [2.24, 2.45) is 0 Å². The summed E-state index contributed by atoms with van der Waals surface area (Å²) in [7, 11) is 0. The molecule has 0 saturated carbocycles. The van der Waals surface area contributed by atoms with Gasteiger partial charge in [0.05, 0.1) is 16.7 Å². The summed E-state index contributed by atoms with van der Waals surface area (Å²) in [6.45, 7) is 9.27. The molecule has 1 heterocycles. The highest BCUT2D eigenvalue weighted by molar-refractivity contribution is 8.18. The van der Waals surface area contributed by atoms with Crippen LogP contribution in [-0.2, 0) is 10.8 Å². The van der Waals surface area contributed by atoms with Crippen LogP contribution in [0.5, 0.6) is 0 Å². The standard InChI is InChI=1S/C42H42N2S2/c1-5-17-41(18-6-2)34-21-27(29(25-43)26-44)13-15-30(34)32-23-37-33(24-36(32)41)31-16-14-28(22-35(31)42(37,19-7-3)20-8-4)40-45-38-11-9-10-12-39(38)46-40/h9-16,21-24,29,40H,5-8,17-20H2,1-4H3. The lowest BCUT2D eigenvalue weighted by atomic mass is 9.69. The molecule has 0 saturated heterocycles. The van der Waals surface area contributed by atoms with Crippen molar-refractivity contribution < 1.29 is 0 Å². The number of rotatable bonds is 10. The predicted octanol–water partition coefficient (Wildman–Crippen LogP) is 12.4. The topological polar surface area (TPSA) is 47.6 Å². The number of benzene rings is 4. The lowest BCUT2D eigenvalue weighted by Crippen LogP contribution is -2.26. The van der Waals surface area contributed by atoms with E-state index in [0.717, 1.165) is 56.9 Å². The van der Waals surface area contributed by atoms with Gasteiger partial charge in [-0.25, -0.2) is 0 Å². The largest absolute Gasteiger partial charge is 0.196 e. The molecule has 0 fully saturated rings. The molecule has 0 N–H and O–H groups in total. The highest BCUT2D eigenvalue weighted by Gasteiger charge is 2.47. The second-order valence-corrected chi connectivity index (χ2v) is 16.0. The van der Waals surface area contributed by atoms with Gasteiger partial charge in [-0.1, -0.05) is 102 Å². The zero-order valence-electron chi connectivity index (χ0n) is 27.5. The Kier molecular flexibility index (Phi) is 8.33. The molecule has 7 rings (SSSR count). The van der Waals surface area contributed by atoms with Crippen LogP contribution in [0.25, 0.3) is 22.3 Å². The molecular weight excluding hydrogens is 597 g/mol. The van der Waals surface area contributed by atoms with Gasteiger partial charge in [0.2, 0.25) is 0 Å². The van der Waals surface area contributed by atoms with E-state index in [2.05, 4.69) is 107 Å². The van der Waals surface area contributed by atoms with Crippen LogP contribution in [0.1, 0.15) is 123 Å². The number of nitriles is 2. The number of nitrogens with zero attached hydrogens (tertiary/aromatic N) is 2. The van der Waals surface area contributed by atoms with Crippen LogP contribution < -0.4 is 0 Å². The molecule has 2 nitrogen and oxygen atoms in total. The number of fused-ring (bicyclic) bond motifs is 7. The summed E-state index contributed by atoms with van der Waals surface area (Å²) >= 11 is 3.99. The van der Waals surface area contributed by atoms with Crippen LogP contribution in [0.3, 0.4) is 0 Å². The average Bonchev–Trinajstić information content (AvgIpc) is 3.70. The molecule has 0 aromatic heterocycles. The van der Waals surface area contributed by atoms with E-state index in [0.29, 0.717) is 4.58 Å². The molecule has 4 aromatic carbocycles. The van der Waals surface area contributed by atoms with Crippen molar-refractivity contribution in [1.29, 1.82) is 10.5 Å². The number of thioether (sulfide) groups is 2. The minimum absolute atomic E-state index is 0.00637. The van der Waals surface area contributed by atoms with Gasteiger partial charge >= 0.3 is 0 Å². The van der Waals surface area contributed by atoms with Crippen LogP contribution in [0.4, 0.5) is 0 Å². The third kappa shape index (κ3) is 4.59. The molecule has 3 aliphatic rings. The average molecular weight is 639 g/mol. The maximum atomic E-state index is 9.76. The molecule has 0 atom stereocenters. The van der Waals surface area contributed by atoms with Gasteiger partial charge in [-0.05, 0) is 106 Å². The molecule has 4 heteroatoms. The van der Waals surface area contributed by atoms with Gasteiger partial charge < -0.3 is 0 Å². The van der Waals surface area contributed by atoms with E-state index in [1.807, 2.05) is 29.6 Å². The van der Waals surface area contributed by atoms with Gasteiger partial charge in [-0.2, -0.15) is 10.5 Å². The Morgan fingerprint density at radius 3 is 1.52 bits per heavy atom. The van der Waals surface area contributed by atoms with E-state index >= 15 is 0 Å². The van der Waals surface area contributed by atoms with E-state index in [9.17, 15) is 10.5 Å². The Hall–Kier alpha value is -3.44. The van der Waals surface area contributed by atoms with Crippen molar-refractivity contribution in [3.05, 3.63) is 106 Å². The fraction of sp³-hybridized carbons (Fsp3) is 0.381. The highest BCUT2D eigenvalue weighted by Crippen LogP contribution is 2.62. The van der Waals surface area contributed by atoms with Crippen LogP contribution in [0.15, 0.2) is 82.6 Å². The minimum Gasteiger partial charge on any atom is -0.196 e. The molecule has 232 valence electrons. The normalized spacial score (nSPS) is 16.3. The molecule has 46 heavy (non-hydrogen) atoms. The van der Waals surface area contributed by atoms with Gasteiger partial charge in [-0.15, -0.1) is 23.5 Å². The zero-order chi connectivity index (χ0) is 32.1. The van der Waals surface area contributed by atoms with Crippen molar-refractivity contribution in [2.45, 2.75) is 110 Å². The fourth-order valence-corrected chi connectivity index (χ4v) is 11.9. The number of hydrogen-bond donors (Lipinski definition) is 0. The SMILES string of the molecule is CCCC1(CCC)c2cc(C(C#N)C#N)ccc2-c2cc3c(cc21)-c1ccc(C2Sc4ccccc4S2)cc1C3(CCC)CCC. The van der Waals surface area contributed by atoms with Crippen molar-refractivity contribution in [3.8, 4) is 34.4 Å². The van der Waals surface area contributed by atoms with Crippen LogP contribution in [-0.4, -0.2) is 0 Å². The van der Waals surface area contributed by atoms with E-state index in [-0.39, 0.29) is 10.8 Å². The lowest BCUT2D eigenvalue weighted by molar-refractivity contribution is 0.431. The summed E-state index contributed by atoms with van der Waals surface area (Å²) in [6, 6.07) is 32.3. The summed E-state index contributed by atoms with van der Waals surface area (Å²) in [5.74, 6) is -0.744. The van der Waals surface area contributed by atoms with E-state index in [1.165, 1.54) is 59.9 Å². The van der Waals surface area contributed by atoms with E-state index in [4.69, 9.17) is 0 Å². The summed E-state index contributed by atoms with van der Waals surface area (Å²) in [5.41, 5.74) is 13.5. The first-order valence-electron chi connectivity index (χ1n) is 17.2. The maximum Gasteiger partial charge on any atom is 0.158 e. The van der Waals surface area contributed by atoms with Crippen LogP contribution >= 0.6 is 23.5 Å². The molecule has 0 radical (unpaired) electrons. The monoisotopic (exact) mass is 638 g/mol. The predicted molar refractivity (Wildman–Crippen MR) is 193 cm³/mol. The van der Waals surface area contributed by atoms with Crippen molar-refractivity contribution in [1.82, 2.24) is 0 Å². The van der Waals surface area contributed by atoms with Gasteiger partial charge in [0.1, 0.15) is 0 Å². The number of hydrogen-bond acceptors (Lipinski definition) is 4. The maximum absolute atomic E-state index is 9.76. The summed E-state index contributed by atoms with van der Waals surface area (Å²) < 4.78 is 0.380. The first-order chi connectivity index (χ1) is 22.5. The van der Waals surface area contributed by atoms with Crippen molar-refractivity contribution >= 4 is 23.5 Å². The van der Waals surface area contributed by atoms with Crippen LogP contribution in [0.2, 0.25) is 0 Å². The molecule has 0 bridgehead atoms. The second kappa shape index (κ2) is 12.3. The Morgan fingerprint density at radius 1 is 0.587 bits per heavy atom. The summed E-state index contributed by atoms with van der Waals surface area (Å²) in [4.78, 5) is 2.79. The highest BCUT2D eigenvalue weighted by atomic mass is 32.2. The lowest BCUT2D eigenvalue weighted by Gasteiger charge is -2.34. The minimum atomic E-state index is -0.744. The molecule has 0 spiro atoms. The first-order valence-corrected chi connectivity index (χ1v) is 18.9. The second-order valence-electron chi connectivity index (χ2n) is 13.4. The van der Waals surface area contributed by atoms with Crippen molar-refractivity contribution in [2.75, 3.05) is 0 Å². The Labute approximate surface area is 283 Å². The quantitative estimate of drug-likeness (QED) is 0.173. The molecular formula is C42H42N2S2. The van der Waals surface area contributed by atoms with Gasteiger partial charge in [0.25, 0.3) is 0 Å². The Bertz CT molecular complexity index is 1860. The smallest absolute Gasteiger partial charge is 0.158 e.